The Morgan fingerprint density at radius 2 is 1.87 bits per heavy atom. The fourth-order valence-electron chi connectivity index (χ4n) is 3.40. The first kappa shape index (κ1) is 20.2. The smallest absolute Gasteiger partial charge is 0.252 e. The van der Waals surface area contributed by atoms with Crippen LogP contribution in [-0.4, -0.2) is 63.4 Å². The largest absolute Gasteiger partial charge is 0.354 e. The highest BCUT2D eigenvalue weighted by atomic mass is 32.2. The molecule has 0 unspecified atom stereocenters. The van der Waals surface area contributed by atoms with E-state index in [1.165, 1.54) is 17.7 Å². The highest BCUT2D eigenvalue weighted by Crippen LogP contribution is 2.33. The van der Waals surface area contributed by atoms with Crippen LogP contribution in [0.1, 0.15) is 5.01 Å². The van der Waals surface area contributed by atoms with Gasteiger partial charge in [-0.05, 0) is 19.1 Å². The predicted molar refractivity (Wildman–Crippen MR) is 120 cm³/mol. The van der Waals surface area contributed by atoms with Crippen LogP contribution in [0.5, 0.6) is 0 Å². The molecule has 1 fully saturated rings. The van der Waals surface area contributed by atoms with Crippen molar-refractivity contribution in [2.75, 3.05) is 31.1 Å². The number of piperazine rings is 1. The maximum absolute atomic E-state index is 13.2. The fourth-order valence-corrected chi connectivity index (χ4v) is 6.93. The van der Waals surface area contributed by atoms with Gasteiger partial charge in [0.2, 0.25) is 0 Å². The number of aromatic nitrogens is 5. The number of anilines is 1. The number of thiazole rings is 1. The Hall–Kier alpha value is -2.67. The zero-order chi connectivity index (χ0) is 21.4. The van der Waals surface area contributed by atoms with Crippen LogP contribution in [0.15, 0.2) is 52.8 Å². The molecule has 12 heteroatoms. The number of nitrogens with zero attached hydrogens (tertiary/aromatic N) is 7. The van der Waals surface area contributed by atoms with E-state index in [9.17, 15) is 8.42 Å². The molecule has 0 saturated carbocycles. The number of aryl methyl sites for hydroxylation is 1. The molecule has 0 N–H and O–H groups in total. The molecule has 9 nitrogen and oxygen atoms in total. The second kappa shape index (κ2) is 8.11. The van der Waals surface area contributed by atoms with Gasteiger partial charge >= 0.3 is 0 Å². The second-order valence-electron chi connectivity index (χ2n) is 6.97. The van der Waals surface area contributed by atoms with Crippen molar-refractivity contribution in [1.29, 1.82) is 0 Å². The first-order chi connectivity index (χ1) is 15.0. The van der Waals surface area contributed by atoms with Crippen molar-refractivity contribution in [3.8, 4) is 16.4 Å². The minimum absolute atomic E-state index is 0.353. The molecule has 0 atom stereocenters. The topological polar surface area (TPSA) is 97.1 Å². The lowest BCUT2D eigenvalue weighted by atomic mass is 10.3. The van der Waals surface area contributed by atoms with Gasteiger partial charge in [0, 0.05) is 50.0 Å². The Morgan fingerprint density at radius 1 is 1.06 bits per heavy atom. The molecule has 1 aliphatic heterocycles. The summed E-state index contributed by atoms with van der Waals surface area (Å²) in [5.41, 5.74) is 0.830. The molecule has 0 aromatic carbocycles. The molecule has 4 aromatic heterocycles. The Kier molecular flexibility index (Phi) is 5.30. The molecular formula is C19H19N7O2S3. The first-order valence-electron chi connectivity index (χ1n) is 9.58. The first-order valence-corrected chi connectivity index (χ1v) is 12.7. The highest BCUT2D eigenvalue weighted by molar-refractivity contribution is 7.91. The summed E-state index contributed by atoms with van der Waals surface area (Å²) in [7, 11) is -3.54. The summed E-state index contributed by atoms with van der Waals surface area (Å²) in [5.74, 6) is 1.49. The van der Waals surface area contributed by atoms with Crippen molar-refractivity contribution in [1.82, 2.24) is 28.8 Å². The van der Waals surface area contributed by atoms with Gasteiger partial charge in [0.05, 0.1) is 15.6 Å². The van der Waals surface area contributed by atoms with Gasteiger partial charge in [-0.3, -0.25) is 4.57 Å². The molecular weight excluding hydrogens is 454 g/mol. The van der Waals surface area contributed by atoms with Crippen molar-refractivity contribution in [3.05, 3.63) is 53.6 Å². The van der Waals surface area contributed by atoms with Gasteiger partial charge in [0.15, 0.2) is 0 Å². The van der Waals surface area contributed by atoms with E-state index in [4.69, 9.17) is 0 Å². The van der Waals surface area contributed by atoms with Gasteiger partial charge in [-0.25, -0.2) is 28.4 Å². The number of imidazole rings is 1. The zero-order valence-electron chi connectivity index (χ0n) is 16.6. The summed E-state index contributed by atoms with van der Waals surface area (Å²) < 4.78 is 30.0. The summed E-state index contributed by atoms with van der Waals surface area (Å²) in [5, 5.41) is 2.92. The predicted octanol–water partition coefficient (Wildman–Crippen LogP) is 2.67. The summed E-state index contributed by atoms with van der Waals surface area (Å²) in [6, 6.07) is 5.40. The van der Waals surface area contributed by atoms with E-state index in [0.29, 0.717) is 30.4 Å². The second-order valence-corrected chi connectivity index (χ2v) is 11.3. The van der Waals surface area contributed by atoms with Crippen molar-refractivity contribution in [2.24, 2.45) is 0 Å². The van der Waals surface area contributed by atoms with Gasteiger partial charge in [-0.15, -0.1) is 22.7 Å². The Bertz CT molecular complexity index is 1290. The van der Waals surface area contributed by atoms with E-state index in [-0.39, 0.29) is 0 Å². The van der Waals surface area contributed by atoms with Crippen LogP contribution in [0, 0.1) is 6.92 Å². The van der Waals surface area contributed by atoms with Crippen LogP contribution in [0.4, 0.5) is 5.82 Å². The zero-order valence-corrected chi connectivity index (χ0v) is 19.1. The van der Waals surface area contributed by atoms with E-state index in [1.54, 1.807) is 34.2 Å². The van der Waals surface area contributed by atoms with Crippen LogP contribution in [0.3, 0.4) is 0 Å². The third kappa shape index (κ3) is 3.99. The van der Waals surface area contributed by atoms with E-state index < -0.39 is 10.0 Å². The van der Waals surface area contributed by atoms with E-state index in [1.807, 2.05) is 35.2 Å². The lowest BCUT2D eigenvalue weighted by molar-refractivity contribution is 0.384. The molecule has 0 aliphatic carbocycles. The van der Waals surface area contributed by atoms with E-state index in [2.05, 4.69) is 24.8 Å². The summed E-state index contributed by atoms with van der Waals surface area (Å²) in [6.45, 7) is 3.85. The van der Waals surface area contributed by atoms with Crippen molar-refractivity contribution < 1.29 is 8.42 Å². The molecule has 4 aromatic rings. The lowest BCUT2D eigenvalue weighted by Crippen LogP contribution is -2.48. The Balaban J connectivity index is 1.29. The summed E-state index contributed by atoms with van der Waals surface area (Å²) in [6.07, 6.45) is 6.70. The molecule has 0 radical (unpaired) electrons. The number of hydrogen-bond acceptors (Lipinski definition) is 9. The quantitative estimate of drug-likeness (QED) is 0.440. The Morgan fingerprint density at radius 3 is 2.58 bits per heavy atom. The number of rotatable bonds is 5. The lowest BCUT2D eigenvalue weighted by Gasteiger charge is -2.34. The minimum atomic E-state index is -3.54. The van der Waals surface area contributed by atoms with Crippen molar-refractivity contribution >= 4 is 38.5 Å². The van der Waals surface area contributed by atoms with Crippen molar-refractivity contribution in [3.63, 3.8) is 0 Å². The average Bonchev–Trinajstić information content (AvgIpc) is 3.55. The summed E-state index contributed by atoms with van der Waals surface area (Å²) >= 11 is 2.83. The van der Waals surface area contributed by atoms with Gasteiger partial charge in [-0.1, -0.05) is 0 Å². The van der Waals surface area contributed by atoms with Crippen LogP contribution in [0.2, 0.25) is 0 Å². The molecule has 0 bridgehead atoms. The standard InChI is InChI=1S/C19H19N7O2S3/c1-14-23-15(11-29-14)16-2-3-19(30-16)31(27,28)26-8-6-24(7-9-26)17-10-18(22-12-21-17)25-5-4-20-13-25/h2-5,10-13H,6-9H2,1H3. The van der Waals surface area contributed by atoms with Crippen LogP contribution >= 0.6 is 22.7 Å². The van der Waals surface area contributed by atoms with Crippen LogP contribution in [-0.2, 0) is 10.0 Å². The Labute approximate surface area is 187 Å². The van der Waals surface area contributed by atoms with Gasteiger partial charge in [0.25, 0.3) is 10.0 Å². The molecule has 31 heavy (non-hydrogen) atoms. The van der Waals surface area contributed by atoms with Crippen LogP contribution < -0.4 is 4.90 Å². The van der Waals surface area contributed by atoms with Gasteiger partial charge in [-0.2, -0.15) is 4.31 Å². The molecule has 0 amide bonds. The maximum Gasteiger partial charge on any atom is 0.252 e. The maximum atomic E-state index is 13.2. The minimum Gasteiger partial charge on any atom is -0.354 e. The van der Waals surface area contributed by atoms with Gasteiger partial charge < -0.3 is 4.90 Å². The third-order valence-electron chi connectivity index (χ3n) is 5.02. The highest BCUT2D eigenvalue weighted by Gasteiger charge is 2.30. The monoisotopic (exact) mass is 473 g/mol. The molecule has 0 spiro atoms. The normalized spacial score (nSPS) is 15.5. The SMILES string of the molecule is Cc1nc(-c2ccc(S(=O)(=O)N3CCN(c4cc(-n5ccnc5)ncn4)CC3)s2)cs1. The molecule has 1 aliphatic rings. The summed E-state index contributed by atoms with van der Waals surface area (Å²) in [4.78, 5) is 20.1. The molecule has 5 heterocycles. The molecule has 5 rings (SSSR count). The van der Waals surface area contributed by atoms with E-state index in [0.717, 1.165) is 27.2 Å². The average molecular weight is 474 g/mol. The number of sulfonamides is 1. The number of hydrogen-bond donors (Lipinski definition) is 0. The number of thiophene rings is 1. The molecule has 1 saturated heterocycles. The van der Waals surface area contributed by atoms with E-state index >= 15 is 0 Å². The third-order valence-corrected chi connectivity index (χ3v) is 9.26. The fraction of sp³-hybridized carbons (Fsp3) is 0.263. The van der Waals surface area contributed by atoms with Gasteiger partial charge in [0.1, 0.15) is 28.5 Å². The van der Waals surface area contributed by atoms with Crippen molar-refractivity contribution in [2.45, 2.75) is 11.1 Å². The molecule has 160 valence electrons. The van der Waals surface area contributed by atoms with Crippen LogP contribution in [0.25, 0.3) is 16.4 Å².